The molecule has 0 aliphatic carbocycles. The number of nitrogens with one attached hydrogen (secondary N) is 3. The number of pyridine rings is 1. The molecule has 0 fully saturated rings. The van der Waals surface area contributed by atoms with Gasteiger partial charge in [0.1, 0.15) is 22.8 Å². The van der Waals surface area contributed by atoms with Crippen molar-refractivity contribution in [2.75, 3.05) is 20.7 Å². The zero-order valence-electron chi connectivity index (χ0n) is 22.1. The number of aryl methyl sites for hydroxylation is 1. The maximum absolute atomic E-state index is 14.0. The molecule has 1 heterocycles. The number of halogens is 3. The van der Waals surface area contributed by atoms with E-state index in [-0.39, 0.29) is 40.6 Å². The van der Waals surface area contributed by atoms with Crippen molar-refractivity contribution in [3.8, 4) is 11.5 Å². The number of amides is 1. The third-order valence-electron chi connectivity index (χ3n) is 6.08. The van der Waals surface area contributed by atoms with Gasteiger partial charge < -0.3 is 19.3 Å². The Morgan fingerprint density at radius 1 is 1.18 bits per heavy atom. The topological polar surface area (TPSA) is 132 Å². The minimum absolute atomic E-state index is 0.0235. The zero-order chi connectivity index (χ0) is 29.7. The molecule has 4 N–H and O–H groups in total. The van der Waals surface area contributed by atoms with Crippen molar-refractivity contribution in [3.05, 3.63) is 92.7 Å². The SMILES string of the molecule is CCN(C(=O)c1c(O)c(=O)c(C(=N)SC(=N)Cc2ccc(F)cc2F)cn1C)C(NC)c1ccc(F)c(OC)c1. The molecule has 0 saturated heterocycles. The van der Waals surface area contributed by atoms with Crippen molar-refractivity contribution in [1.29, 1.82) is 10.8 Å². The number of thioether (sulfide) groups is 1. The van der Waals surface area contributed by atoms with E-state index >= 15 is 0 Å². The van der Waals surface area contributed by atoms with Gasteiger partial charge in [0.25, 0.3) is 5.91 Å². The lowest BCUT2D eigenvalue weighted by Crippen LogP contribution is -2.42. The third-order valence-corrected chi connectivity index (χ3v) is 6.89. The second-order valence-corrected chi connectivity index (χ2v) is 9.73. The number of rotatable bonds is 9. The largest absolute Gasteiger partial charge is 0.503 e. The maximum atomic E-state index is 14.0. The average Bonchev–Trinajstić information content (AvgIpc) is 2.91. The van der Waals surface area contributed by atoms with Gasteiger partial charge in [0.15, 0.2) is 23.0 Å². The first-order chi connectivity index (χ1) is 18.9. The molecule has 1 unspecified atom stereocenters. The molecule has 0 spiro atoms. The number of carbonyl (C=O) groups is 1. The Labute approximate surface area is 232 Å². The highest BCUT2D eigenvalue weighted by atomic mass is 32.2. The van der Waals surface area contributed by atoms with Crippen LogP contribution in [-0.4, -0.2) is 51.3 Å². The predicted molar refractivity (Wildman–Crippen MR) is 147 cm³/mol. The number of hydrogen-bond acceptors (Lipinski definition) is 8. The molecular formula is C27H28F3N5O4S. The Kier molecular flexibility index (Phi) is 9.77. The van der Waals surface area contributed by atoms with E-state index in [9.17, 15) is 27.9 Å². The monoisotopic (exact) mass is 575 g/mol. The third kappa shape index (κ3) is 6.37. The molecule has 0 bridgehead atoms. The van der Waals surface area contributed by atoms with E-state index in [4.69, 9.17) is 15.6 Å². The number of carbonyl (C=O) groups excluding carboxylic acids is 1. The molecule has 0 aliphatic rings. The van der Waals surface area contributed by atoms with Gasteiger partial charge in [0, 0.05) is 32.3 Å². The fourth-order valence-corrected chi connectivity index (χ4v) is 4.84. The molecule has 2 aromatic carbocycles. The first-order valence-corrected chi connectivity index (χ1v) is 12.8. The summed E-state index contributed by atoms with van der Waals surface area (Å²) in [6, 6.07) is 7.03. The molecule has 3 rings (SSSR count). The summed E-state index contributed by atoms with van der Waals surface area (Å²) < 4.78 is 47.3. The van der Waals surface area contributed by atoms with Crippen LogP contribution >= 0.6 is 11.8 Å². The number of aromatic nitrogens is 1. The van der Waals surface area contributed by atoms with Crippen molar-refractivity contribution in [2.45, 2.75) is 19.5 Å². The minimum Gasteiger partial charge on any atom is -0.503 e. The standard InChI is InChI=1S/C27H28F3N5O4S/c1-5-35(26(33-2)15-7-9-18(29)20(10-15)39-4)27(38)22-24(37)23(36)17(13-34(22)3)25(32)40-21(31)11-14-6-8-16(28)12-19(14)30/h6-10,12-13,26,31-33,37H,5,11H2,1-4H3. The summed E-state index contributed by atoms with van der Waals surface area (Å²) in [4.78, 5) is 27.9. The van der Waals surface area contributed by atoms with E-state index in [0.717, 1.165) is 6.07 Å². The van der Waals surface area contributed by atoms with Gasteiger partial charge >= 0.3 is 0 Å². The van der Waals surface area contributed by atoms with Gasteiger partial charge in [0.2, 0.25) is 5.43 Å². The molecular weight excluding hydrogens is 547 g/mol. The quantitative estimate of drug-likeness (QED) is 0.172. The number of ether oxygens (including phenoxy) is 1. The van der Waals surface area contributed by atoms with Crippen molar-refractivity contribution in [1.82, 2.24) is 14.8 Å². The molecule has 212 valence electrons. The molecule has 13 heteroatoms. The normalized spacial score (nSPS) is 11.7. The highest BCUT2D eigenvalue weighted by Gasteiger charge is 2.30. The summed E-state index contributed by atoms with van der Waals surface area (Å²) in [5.74, 6) is -3.81. The lowest BCUT2D eigenvalue weighted by molar-refractivity contribution is 0.0645. The van der Waals surface area contributed by atoms with E-state index in [2.05, 4.69) is 5.32 Å². The van der Waals surface area contributed by atoms with Crippen molar-refractivity contribution >= 4 is 27.8 Å². The average molecular weight is 576 g/mol. The molecule has 0 radical (unpaired) electrons. The summed E-state index contributed by atoms with van der Waals surface area (Å²) in [7, 11) is 4.31. The van der Waals surface area contributed by atoms with E-state index in [1.165, 1.54) is 54.1 Å². The molecule has 0 saturated carbocycles. The first kappa shape index (κ1) is 30.4. The van der Waals surface area contributed by atoms with E-state index in [1.807, 2.05) is 0 Å². The van der Waals surface area contributed by atoms with Gasteiger partial charge in [-0.3, -0.25) is 25.7 Å². The summed E-state index contributed by atoms with van der Waals surface area (Å²) in [6.45, 7) is 1.83. The van der Waals surface area contributed by atoms with Gasteiger partial charge in [0.05, 0.1) is 17.7 Å². The molecule has 3 aromatic rings. The van der Waals surface area contributed by atoms with Crippen molar-refractivity contribution in [3.63, 3.8) is 0 Å². The van der Waals surface area contributed by atoms with Gasteiger partial charge in [-0.1, -0.05) is 23.9 Å². The van der Waals surface area contributed by atoms with Crippen LogP contribution < -0.4 is 15.5 Å². The van der Waals surface area contributed by atoms with Crippen LogP contribution in [0.15, 0.2) is 47.4 Å². The maximum Gasteiger partial charge on any atom is 0.276 e. The Morgan fingerprint density at radius 2 is 1.88 bits per heavy atom. The summed E-state index contributed by atoms with van der Waals surface area (Å²) in [6.07, 6.45) is 0.175. The second kappa shape index (κ2) is 12.8. The predicted octanol–water partition coefficient (Wildman–Crippen LogP) is 4.18. The Hall–Kier alpha value is -4.10. The van der Waals surface area contributed by atoms with Crippen molar-refractivity contribution in [2.24, 2.45) is 7.05 Å². The van der Waals surface area contributed by atoms with Crippen LogP contribution in [0, 0.1) is 28.3 Å². The molecule has 9 nitrogen and oxygen atoms in total. The zero-order valence-corrected chi connectivity index (χ0v) is 23.0. The van der Waals surface area contributed by atoms with E-state index < -0.39 is 45.7 Å². The Morgan fingerprint density at radius 3 is 2.48 bits per heavy atom. The first-order valence-electron chi connectivity index (χ1n) is 12.0. The highest BCUT2D eigenvalue weighted by molar-refractivity contribution is 8.26. The summed E-state index contributed by atoms with van der Waals surface area (Å²) >= 11 is 0.561. The van der Waals surface area contributed by atoms with E-state index in [0.29, 0.717) is 23.4 Å². The van der Waals surface area contributed by atoms with E-state index in [1.54, 1.807) is 14.0 Å². The number of hydrogen-bond donors (Lipinski definition) is 4. The van der Waals surface area contributed by atoms with Crippen LogP contribution in [0.1, 0.15) is 40.3 Å². The summed E-state index contributed by atoms with van der Waals surface area (Å²) in [5, 5.41) is 29.6. The number of nitrogens with zero attached hydrogens (tertiary/aromatic N) is 2. The van der Waals surface area contributed by atoms with Crippen LogP contribution in [0.3, 0.4) is 0 Å². The molecule has 0 aliphatic heterocycles. The van der Waals surface area contributed by atoms with Crippen molar-refractivity contribution < 1.29 is 27.8 Å². The van der Waals surface area contributed by atoms with Gasteiger partial charge in [-0.2, -0.15) is 0 Å². The lowest BCUT2D eigenvalue weighted by atomic mass is 10.1. The number of benzene rings is 2. The minimum atomic E-state index is -1.000. The molecule has 1 aromatic heterocycles. The molecule has 1 atom stereocenters. The Bertz CT molecular complexity index is 1530. The number of aromatic hydroxyl groups is 1. The van der Waals surface area contributed by atoms with Crippen LogP contribution in [0.5, 0.6) is 11.5 Å². The van der Waals surface area contributed by atoms with Crippen LogP contribution in [0.2, 0.25) is 0 Å². The Balaban J connectivity index is 1.89. The second-order valence-electron chi connectivity index (χ2n) is 8.62. The highest BCUT2D eigenvalue weighted by Crippen LogP contribution is 2.27. The van der Waals surface area contributed by atoms with Crippen LogP contribution in [-0.2, 0) is 13.5 Å². The van der Waals surface area contributed by atoms with Crippen LogP contribution in [0.25, 0.3) is 0 Å². The molecule has 40 heavy (non-hydrogen) atoms. The van der Waals surface area contributed by atoms with Gasteiger partial charge in [-0.25, -0.2) is 13.2 Å². The molecule has 1 amide bonds. The smallest absolute Gasteiger partial charge is 0.276 e. The van der Waals surface area contributed by atoms with Gasteiger partial charge in [-0.15, -0.1) is 0 Å². The summed E-state index contributed by atoms with van der Waals surface area (Å²) in [5.41, 5.74) is -1.08. The number of methoxy groups -OCH3 is 1. The van der Waals surface area contributed by atoms with Crippen LogP contribution in [0.4, 0.5) is 13.2 Å². The lowest BCUT2D eigenvalue weighted by Gasteiger charge is -2.32. The fourth-order valence-electron chi connectivity index (χ4n) is 4.11. The fraction of sp³-hybridized carbons (Fsp3) is 0.259. The van der Waals surface area contributed by atoms with Gasteiger partial charge in [-0.05, 0) is 43.3 Å².